The second kappa shape index (κ2) is 3.45. The van der Waals surface area contributed by atoms with Crippen LogP contribution in [0.4, 0.5) is 0 Å². The number of nitrogens with zero attached hydrogens (tertiary/aromatic N) is 2. The van der Waals surface area contributed by atoms with Gasteiger partial charge in [-0.3, -0.25) is 4.79 Å². The standard InChI is InChI=1S/C5H8N4O/c1-3(10)4(2-6)5(7)9-8/h4H,8H2,1H3,(H2,7,9)/t4-/m0/s1. The van der Waals surface area contributed by atoms with Crippen molar-refractivity contribution in [3.05, 3.63) is 0 Å². The molecule has 0 heterocycles. The molecular weight excluding hydrogens is 132 g/mol. The molecule has 5 heteroatoms. The highest BCUT2D eigenvalue weighted by Crippen LogP contribution is 1.94. The molecule has 0 fully saturated rings. The van der Waals surface area contributed by atoms with Gasteiger partial charge in [0, 0.05) is 0 Å². The number of ketones is 1. The molecule has 0 aliphatic carbocycles. The quantitative estimate of drug-likeness (QED) is 0.221. The highest BCUT2D eigenvalue weighted by atomic mass is 16.1. The normalized spacial score (nSPS) is 13.8. The summed E-state index contributed by atoms with van der Waals surface area (Å²) in [5.41, 5.74) is 5.11. The summed E-state index contributed by atoms with van der Waals surface area (Å²) in [5.74, 6) is 3.25. The van der Waals surface area contributed by atoms with E-state index in [4.69, 9.17) is 16.8 Å². The summed E-state index contributed by atoms with van der Waals surface area (Å²) in [6.07, 6.45) is 0. The third-order valence-corrected chi connectivity index (χ3v) is 0.980. The number of nitrogens with two attached hydrogens (primary N) is 2. The Hall–Kier alpha value is -1.57. The third-order valence-electron chi connectivity index (χ3n) is 0.980. The van der Waals surface area contributed by atoms with Crippen LogP contribution in [0.15, 0.2) is 5.10 Å². The van der Waals surface area contributed by atoms with Gasteiger partial charge in [-0.2, -0.15) is 10.4 Å². The zero-order valence-electron chi connectivity index (χ0n) is 5.53. The fourth-order valence-electron chi connectivity index (χ4n) is 0.440. The van der Waals surface area contributed by atoms with Gasteiger partial charge in [-0.1, -0.05) is 0 Å². The second-order valence-electron chi connectivity index (χ2n) is 1.73. The molecule has 4 N–H and O–H groups in total. The summed E-state index contributed by atoms with van der Waals surface area (Å²) in [6.45, 7) is 1.26. The summed E-state index contributed by atoms with van der Waals surface area (Å²) in [7, 11) is 0. The topological polar surface area (TPSA) is 105 Å². The van der Waals surface area contributed by atoms with Crippen molar-refractivity contribution >= 4 is 11.6 Å². The average Bonchev–Trinajstić information content (AvgIpc) is 1.88. The van der Waals surface area contributed by atoms with Crippen molar-refractivity contribution in [1.29, 1.82) is 5.26 Å². The second-order valence-corrected chi connectivity index (χ2v) is 1.73. The van der Waals surface area contributed by atoms with Crippen LogP contribution in [0, 0.1) is 17.2 Å². The Bertz CT molecular complexity index is 202. The number of nitriles is 1. The number of rotatable bonds is 2. The van der Waals surface area contributed by atoms with Gasteiger partial charge in [0.2, 0.25) is 0 Å². The van der Waals surface area contributed by atoms with E-state index in [0.29, 0.717) is 0 Å². The Morgan fingerprint density at radius 1 is 1.80 bits per heavy atom. The molecular formula is C5H8N4O. The average molecular weight is 140 g/mol. The maximum Gasteiger partial charge on any atom is 0.163 e. The van der Waals surface area contributed by atoms with Crippen LogP contribution in [-0.2, 0) is 4.79 Å². The lowest BCUT2D eigenvalue weighted by atomic mass is 10.1. The SMILES string of the molecule is CC(=O)[C@H](C#N)/C(N)=N\N. The molecule has 10 heavy (non-hydrogen) atoms. The van der Waals surface area contributed by atoms with E-state index in [1.807, 2.05) is 0 Å². The zero-order valence-corrected chi connectivity index (χ0v) is 5.53. The van der Waals surface area contributed by atoms with E-state index < -0.39 is 5.92 Å². The van der Waals surface area contributed by atoms with Gasteiger partial charge in [-0.25, -0.2) is 0 Å². The molecule has 0 aromatic rings. The lowest BCUT2D eigenvalue weighted by molar-refractivity contribution is -0.117. The number of hydrogen-bond acceptors (Lipinski definition) is 4. The molecule has 0 aliphatic rings. The third kappa shape index (κ3) is 1.74. The maximum atomic E-state index is 10.5. The van der Waals surface area contributed by atoms with E-state index >= 15 is 0 Å². The van der Waals surface area contributed by atoms with Crippen molar-refractivity contribution in [3.8, 4) is 6.07 Å². The van der Waals surface area contributed by atoms with Gasteiger partial charge in [-0.15, -0.1) is 0 Å². The molecule has 0 amide bonds. The molecule has 5 nitrogen and oxygen atoms in total. The van der Waals surface area contributed by atoms with E-state index in [-0.39, 0.29) is 11.6 Å². The van der Waals surface area contributed by atoms with Crippen LogP contribution in [0.2, 0.25) is 0 Å². The highest BCUT2D eigenvalue weighted by Gasteiger charge is 2.16. The Kier molecular flexibility index (Phi) is 2.91. The van der Waals surface area contributed by atoms with Gasteiger partial charge in [0.1, 0.15) is 5.84 Å². The smallest absolute Gasteiger partial charge is 0.163 e. The van der Waals surface area contributed by atoms with Crippen LogP contribution >= 0.6 is 0 Å². The number of carbonyl (C=O) groups excluding carboxylic acids is 1. The van der Waals surface area contributed by atoms with E-state index in [0.717, 1.165) is 0 Å². The fourth-order valence-corrected chi connectivity index (χ4v) is 0.440. The monoisotopic (exact) mass is 140 g/mol. The van der Waals surface area contributed by atoms with E-state index in [1.165, 1.54) is 6.92 Å². The first-order valence-corrected chi connectivity index (χ1v) is 2.56. The van der Waals surface area contributed by atoms with E-state index in [1.54, 1.807) is 6.07 Å². The molecule has 0 unspecified atom stereocenters. The first-order chi connectivity index (χ1) is 4.63. The summed E-state index contributed by atoms with van der Waals surface area (Å²) in [6, 6.07) is 1.67. The Balaban J connectivity index is 4.41. The predicted molar refractivity (Wildman–Crippen MR) is 35.6 cm³/mol. The van der Waals surface area contributed by atoms with Crippen LogP contribution in [0.25, 0.3) is 0 Å². The highest BCUT2D eigenvalue weighted by molar-refractivity contribution is 6.04. The molecule has 0 aromatic heterocycles. The summed E-state index contributed by atoms with van der Waals surface area (Å²) < 4.78 is 0. The van der Waals surface area contributed by atoms with Crippen LogP contribution in [0.3, 0.4) is 0 Å². The van der Waals surface area contributed by atoms with Gasteiger partial charge >= 0.3 is 0 Å². The first kappa shape index (κ1) is 8.43. The number of Topliss-reactive ketones (excluding diaryl/α,β-unsaturated/α-hetero) is 1. The van der Waals surface area contributed by atoms with Crippen molar-refractivity contribution in [2.45, 2.75) is 6.92 Å². The zero-order chi connectivity index (χ0) is 8.15. The van der Waals surface area contributed by atoms with Crippen LogP contribution in [0.5, 0.6) is 0 Å². The lowest BCUT2D eigenvalue weighted by Gasteiger charge is -2.00. The molecule has 0 saturated heterocycles. The molecule has 0 rings (SSSR count). The van der Waals surface area contributed by atoms with Crippen molar-refractivity contribution < 1.29 is 4.79 Å². The van der Waals surface area contributed by atoms with Crippen LogP contribution in [-0.4, -0.2) is 11.6 Å². The minimum atomic E-state index is -0.995. The van der Waals surface area contributed by atoms with Crippen molar-refractivity contribution in [2.75, 3.05) is 0 Å². The van der Waals surface area contributed by atoms with Crippen LogP contribution < -0.4 is 11.6 Å². The molecule has 0 saturated carbocycles. The minimum Gasteiger partial charge on any atom is -0.384 e. The molecule has 0 radical (unpaired) electrons. The van der Waals surface area contributed by atoms with Gasteiger partial charge in [-0.05, 0) is 6.92 Å². The number of amidine groups is 1. The largest absolute Gasteiger partial charge is 0.384 e. The molecule has 1 atom stereocenters. The molecule has 0 spiro atoms. The Morgan fingerprint density at radius 3 is 2.40 bits per heavy atom. The fraction of sp³-hybridized carbons (Fsp3) is 0.400. The van der Waals surface area contributed by atoms with Gasteiger partial charge < -0.3 is 11.6 Å². The molecule has 54 valence electrons. The summed E-state index contributed by atoms with van der Waals surface area (Å²) in [5, 5.41) is 11.3. The first-order valence-electron chi connectivity index (χ1n) is 2.56. The van der Waals surface area contributed by atoms with Crippen molar-refractivity contribution in [1.82, 2.24) is 0 Å². The van der Waals surface area contributed by atoms with Gasteiger partial charge in [0.25, 0.3) is 0 Å². The Labute approximate surface area is 58.3 Å². The molecule has 0 aliphatic heterocycles. The van der Waals surface area contributed by atoms with E-state index in [2.05, 4.69) is 5.10 Å². The Morgan fingerprint density at radius 2 is 2.30 bits per heavy atom. The van der Waals surface area contributed by atoms with Gasteiger partial charge in [0.15, 0.2) is 11.7 Å². The van der Waals surface area contributed by atoms with Crippen molar-refractivity contribution in [2.24, 2.45) is 22.6 Å². The predicted octanol–water partition coefficient (Wildman–Crippen LogP) is -1.05. The molecule has 0 aromatic carbocycles. The maximum absolute atomic E-state index is 10.5. The number of hydrazone groups is 1. The van der Waals surface area contributed by atoms with Gasteiger partial charge in [0.05, 0.1) is 6.07 Å². The lowest BCUT2D eigenvalue weighted by Crippen LogP contribution is -2.29. The van der Waals surface area contributed by atoms with Crippen molar-refractivity contribution in [3.63, 3.8) is 0 Å². The number of carbonyl (C=O) groups is 1. The van der Waals surface area contributed by atoms with Crippen LogP contribution in [0.1, 0.15) is 6.92 Å². The summed E-state index contributed by atoms with van der Waals surface area (Å²) in [4.78, 5) is 10.5. The molecule has 0 bridgehead atoms. The summed E-state index contributed by atoms with van der Waals surface area (Å²) >= 11 is 0. The minimum absolute atomic E-state index is 0.144. The van der Waals surface area contributed by atoms with E-state index in [9.17, 15) is 4.79 Å². The number of hydrogen-bond donors (Lipinski definition) is 2.